The Hall–Kier alpha value is -2.69. The maximum Gasteiger partial charge on any atom is 0.229 e. The zero-order valence-corrected chi connectivity index (χ0v) is 14.6. The van der Waals surface area contributed by atoms with Gasteiger partial charge >= 0.3 is 0 Å². The molecule has 1 aliphatic rings. The third-order valence-electron chi connectivity index (χ3n) is 4.82. The van der Waals surface area contributed by atoms with Crippen molar-refractivity contribution in [2.75, 3.05) is 16.8 Å². The molecule has 4 nitrogen and oxygen atoms in total. The summed E-state index contributed by atoms with van der Waals surface area (Å²) in [5, 5.41) is 2.75. The molecule has 1 saturated heterocycles. The molecule has 25 heavy (non-hydrogen) atoms. The van der Waals surface area contributed by atoms with Gasteiger partial charge in [0.1, 0.15) is 5.82 Å². The number of hydrogen-bond donors (Lipinski definition) is 1. The van der Waals surface area contributed by atoms with Crippen molar-refractivity contribution >= 4 is 23.2 Å². The van der Waals surface area contributed by atoms with Crippen LogP contribution in [0.4, 0.5) is 15.8 Å². The fraction of sp³-hybridized carbons (Fsp3) is 0.300. The van der Waals surface area contributed by atoms with E-state index in [9.17, 15) is 14.0 Å². The Bertz CT molecular complexity index is 848. The second kappa shape index (κ2) is 6.67. The minimum absolute atomic E-state index is 0.0650. The lowest BCUT2D eigenvalue weighted by Gasteiger charge is -2.20. The van der Waals surface area contributed by atoms with Crippen LogP contribution in [0.5, 0.6) is 0 Å². The molecule has 2 aromatic carbocycles. The van der Waals surface area contributed by atoms with Crippen molar-refractivity contribution in [3.63, 3.8) is 0 Å². The topological polar surface area (TPSA) is 49.4 Å². The number of hydrogen-bond acceptors (Lipinski definition) is 2. The first-order valence-corrected chi connectivity index (χ1v) is 8.30. The van der Waals surface area contributed by atoms with E-state index in [1.165, 1.54) is 12.1 Å². The van der Waals surface area contributed by atoms with E-state index in [4.69, 9.17) is 0 Å². The Morgan fingerprint density at radius 1 is 1.16 bits per heavy atom. The molecule has 3 rings (SSSR count). The summed E-state index contributed by atoms with van der Waals surface area (Å²) >= 11 is 0. The van der Waals surface area contributed by atoms with Crippen LogP contribution in [-0.4, -0.2) is 18.4 Å². The highest BCUT2D eigenvalue weighted by molar-refractivity contribution is 6.04. The molecule has 1 aliphatic heterocycles. The molecule has 0 aromatic heterocycles. The van der Waals surface area contributed by atoms with Gasteiger partial charge in [0.15, 0.2) is 0 Å². The number of nitrogens with one attached hydrogen (secondary N) is 1. The maximum absolute atomic E-state index is 13.4. The fourth-order valence-electron chi connectivity index (χ4n) is 3.11. The molecule has 2 aromatic rings. The van der Waals surface area contributed by atoms with Crippen LogP contribution in [0.1, 0.15) is 23.1 Å². The molecular formula is C20H21FN2O2. The van der Waals surface area contributed by atoms with Gasteiger partial charge in [-0.25, -0.2) is 4.39 Å². The smallest absolute Gasteiger partial charge is 0.229 e. The first-order valence-electron chi connectivity index (χ1n) is 8.30. The van der Waals surface area contributed by atoms with Crippen molar-refractivity contribution in [3.05, 3.63) is 58.9 Å². The van der Waals surface area contributed by atoms with Gasteiger partial charge in [-0.15, -0.1) is 0 Å². The molecule has 0 spiro atoms. The highest BCUT2D eigenvalue weighted by Crippen LogP contribution is 2.30. The standard InChI is InChI=1S/C20H21FN2O2/c1-12-5-4-6-18(14(12)3)23-11-15(9-19(23)24)20(25)22-17-10-16(21)8-7-13(17)2/h4-8,10,15H,9,11H2,1-3H3,(H,22,25)/t15-/m1/s1. The van der Waals surface area contributed by atoms with Gasteiger partial charge in [-0.1, -0.05) is 18.2 Å². The summed E-state index contributed by atoms with van der Waals surface area (Å²) in [4.78, 5) is 26.6. The molecule has 0 unspecified atom stereocenters. The molecule has 2 amide bonds. The maximum atomic E-state index is 13.4. The monoisotopic (exact) mass is 340 g/mol. The molecule has 5 heteroatoms. The largest absolute Gasteiger partial charge is 0.325 e. The molecule has 1 heterocycles. The lowest BCUT2D eigenvalue weighted by Crippen LogP contribution is -2.28. The third-order valence-corrected chi connectivity index (χ3v) is 4.82. The second-order valence-corrected chi connectivity index (χ2v) is 6.57. The minimum atomic E-state index is -0.449. The Morgan fingerprint density at radius 3 is 2.68 bits per heavy atom. The number of carbonyl (C=O) groups excluding carboxylic acids is 2. The van der Waals surface area contributed by atoms with Crippen molar-refractivity contribution in [2.24, 2.45) is 5.92 Å². The van der Waals surface area contributed by atoms with Gasteiger partial charge in [0.25, 0.3) is 0 Å². The molecule has 0 bridgehead atoms. The van der Waals surface area contributed by atoms with Crippen LogP contribution in [0, 0.1) is 32.5 Å². The van der Waals surface area contributed by atoms with Gasteiger partial charge in [0.05, 0.1) is 5.92 Å². The van der Waals surface area contributed by atoms with E-state index in [1.807, 2.05) is 32.0 Å². The summed E-state index contributed by atoms with van der Waals surface area (Å²) in [5.74, 6) is -1.17. The minimum Gasteiger partial charge on any atom is -0.325 e. The van der Waals surface area contributed by atoms with Gasteiger partial charge in [0, 0.05) is 24.3 Å². The van der Waals surface area contributed by atoms with Gasteiger partial charge < -0.3 is 10.2 Å². The van der Waals surface area contributed by atoms with E-state index in [1.54, 1.807) is 17.9 Å². The molecule has 1 fully saturated rings. The van der Waals surface area contributed by atoms with E-state index >= 15 is 0 Å². The summed E-state index contributed by atoms with van der Waals surface area (Å²) in [6.07, 6.45) is 0.160. The lowest BCUT2D eigenvalue weighted by molar-refractivity contribution is -0.122. The van der Waals surface area contributed by atoms with Gasteiger partial charge in [-0.2, -0.15) is 0 Å². The van der Waals surface area contributed by atoms with Crippen LogP contribution in [0.15, 0.2) is 36.4 Å². The molecule has 1 N–H and O–H groups in total. The molecular weight excluding hydrogens is 319 g/mol. The van der Waals surface area contributed by atoms with Crippen LogP contribution in [0.25, 0.3) is 0 Å². The van der Waals surface area contributed by atoms with Crippen molar-refractivity contribution in [2.45, 2.75) is 27.2 Å². The van der Waals surface area contributed by atoms with Crippen molar-refractivity contribution in [1.82, 2.24) is 0 Å². The van der Waals surface area contributed by atoms with Crippen LogP contribution in [0.2, 0.25) is 0 Å². The average Bonchev–Trinajstić information content (AvgIpc) is 2.95. The summed E-state index contributed by atoms with van der Waals surface area (Å²) < 4.78 is 13.4. The van der Waals surface area contributed by atoms with Gasteiger partial charge in [-0.05, 0) is 55.7 Å². The van der Waals surface area contributed by atoms with E-state index in [0.29, 0.717) is 12.2 Å². The number of halogens is 1. The number of aryl methyl sites for hydroxylation is 2. The Balaban J connectivity index is 1.77. The van der Waals surface area contributed by atoms with E-state index in [-0.39, 0.29) is 18.2 Å². The normalized spacial score (nSPS) is 17.0. The van der Waals surface area contributed by atoms with Crippen LogP contribution >= 0.6 is 0 Å². The first kappa shape index (κ1) is 17.1. The lowest BCUT2D eigenvalue weighted by atomic mass is 10.1. The molecule has 0 aliphatic carbocycles. The summed E-state index contributed by atoms with van der Waals surface area (Å²) in [7, 11) is 0. The number of amides is 2. The number of nitrogens with zero attached hydrogens (tertiary/aromatic N) is 1. The van der Waals surface area contributed by atoms with Crippen LogP contribution in [0.3, 0.4) is 0 Å². The number of anilines is 2. The molecule has 130 valence electrons. The number of carbonyl (C=O) groups is 2. The van der Waals surface area contributed by atoms with E-state index < -0.39 is 11.7 Å². The van der Waals surface area contributed by atoms with Gasteiger partial charge in [-0.3, -0.25) is 9.59 Å². The number of benzene rings is 2. The van der Waals surface area contributed by atoms with Crippen molar-refractivity contribution in [1.29, 1.82) is 0 Å². The molecule has 0 radical (unpaired) electrons. The van der Waals surface area contributed by atoms with E-state index in [2.05, 4.69) is 5.32 Å². The number of rotatable bonds is 3. The Labute approximate surface area is 146 Å². The highest BCUT2D eigenvalue weighted by Gasteiger charge is 2.35. The zero-order chi connectivity index (χ0) is 18.1. The van der Waals surface area contributed by atoms with Crippen molar-refractivity contribution in [3.8, 4) is 0 Å². The Morgan fingerprint density at radius 2 is 1.92 bits per heavy atom. The predicted octanol–water partition coefficient (Wildman–Crippen LogP) is 3.74. The van der Waals surface area contributed by atoms with Crippen LogP contribution < -0.4 is 10.2 Å². The summed E-state index contributed by atoms with van der Waals surface area (Å²) in [6.45, 7) is 6.11. The highest BCUT2D eigenvalue weighted by atomic mass is 19.1. The quantitative estimate of drug-likeness (QED) is 0.925. The molecule has 0 saturated carbocycles. The van der Waals surface area contributed by atoms with Crippen molar-refractivity contribution < 1.29 is 14.0 Å². The van der Waals surface area contributed by atoms with Gasteiger partial charge in [0.2, 0.25) is 11.8 Å². The molecule has 1 atom stereocenters. The average molecular weight is 340 g/mol. The second-order valence-electron chi connectivity index (χ2n) is 6.57. The fourth-order valence-corrected chi connectivity index (χ4v) is 3.11. The summed E-state index contributed by atoms with van der Waals surface area (Å²) in [6, 6.07) is 10.1. The summed E-state index contributed by atoms with van der Waals surface area (Å²) in [5.41, 5.74) is 4.22. The first-order chi connectivity index (χ1) is 11.9. The zero-order valence-electron chi connectivity index (χ0n) is 14.6. The SMILES string of the molecule is Cc1ccc(F)cc1NC(=O)[C@@H]1CC(=O)N(c2cccc(C)c2C)C1. The Kier molecular flexibility index (Phi) is 4.57. The third kappa shape index (κ3) is 3.40. The van der Waals surface area contributed by atoms with Crippen LogP contribution in [-0.2, 0) is 9.59 Å². The predicted molar refractivity (Wildman–Crippen MR) is 96.1 cm³/mol. The van der Waals surface area contributed by atoms with E-state index in [0.717, 1.165) is 22.4 Å².